The van der Waals surface area contributed by atoms with E-state index in [9.17, 15) is 5.11 Å². The summed E-state index contributed by atoms with van der Waals surface area (Å²) in [6.07, 6.45) is 2.38. The Kier molecular flexibility index (Phi) is 5.59. The molecule has 1 unspecified atom stereocenters. The van der Waals surface area contributed by atoms with Crippen LogP contribution < -0.4 is 4.90 Å². The van der Waals surface area contributed by atoms with Gasteiger partial charge in [0.15, 0.2) is 0 Å². The molecular weight excluding hydrogens is 210 g/mol. The van der Waals surface area contributed by atoms with Crippen LogP contribution in [0.5, 0.6) is 0 Å². The van der Waals surface area contributed by atoms with Crippen molar-refractivity contribution in [1.29, 1.82) is 0 Å². The number of benzene rings is 1. The van der Waals surface area contributed by atoms with Gasteiger partial charge in [-0.2, -0.15) is 0 Å². The summed E-state index contributed by atoms with van der Waals surface area (Å²) in [4.78, 5) is 2.05. The molecule has 1 N–H and O–H groups in total. The van der Waals surface area contributed by atoms with E-state index in [0.29, 0.717) is 0 Å². The Hall–Kier alpha value is -1.46. The van der Waals surface area contributed by atoms with E-state index >= 15 is 0 Å². The molecule has 0 saturated carbocycles. The van der Waals surface area contributed by atoms with Crippen LogP contribution in [0.15, 0.2) is 24.3 Å². The highest BCUT2D eigenvalue weighted by Crippen LogP contribution is 2.11. The van der Waals surface area contributed by atoms with E-state index in [0.717, 1.165) is 30.5 Å². The topological polar surface area (TPSA) is 23.5 Å². The van der Waals surface area contributed by atoms with Gasteiger partial charge in [0.25, 0.3) is 0 Å². The lowest BCUT2D eigenvalue weighted by Gasteiger charge is -2.11. The van der Waals surface area contributed by atoms with Gasteiger partial charge in [0.1, 0.15) is 6.10 Å². The summed E-state index contributed by atoms with van der Waals surface area (Å²) in [5, 5.41) is 9.60. The van der Waals surface area contributed by atoms with Crippen LogP contribution in [0, 0.1) is 11.8 Å². The molecule has 2 nitrogen and oxygen atoms in total. The van der Waals surface area contributed by atoms with Crippen molar-refractivity contribution < 1.29 is 5.11 Å². The monoisotopic (exact) mass is 231 g/mol. The first-order valence-corrected chi connectivity index (χ1v) is 6.10. The molecule has 0 saturated heterocycles. The molecule has 2 heteroatoms. The van der Waals surface area contributed by atoms with E-state index in [1.165, 1.54) is 0 Å². The van der Waals surface area contributed by atoms with Gasteiger partial charge in [0, 0.05) is 25.3 Å². The first kappa shape index (κ1) is 13.6. The highest BCUT2D eigenvalue weighted by molar-refractivity contribution is 5.49. The zero-order valence-corrected chi connectivity index (χ0v) is 10.9. The normalized spacial score (nSPS) is 11.5. The summed E-state index contributed by atoms with van der Waals surface area (Å²) in [7, 11) is 4.02. The lowest BCUT2D eigenvalue weighted by atomic mass is 10.1. The number of rotatable bonds is 4. The maximum absolute atomic E-state index is 9.60. The standard InChI is InChI=1S/C15H21NO/c1-4-5-6-15(17)12-9-13-7-10-14(11-8-13)16(2)3/h7-8,10-11,15,17H,4-6H2,1-3H3. The van der Waals surface area contributed by atoms with Gasteiger partial charge in [-0.1, -0.05) is 31.6 Å². The zero-order valence-electron chi connectivity index (χ0n) is 10.9. The van der Waals surface area contributed by atoms with Gasteiger partial charge in [-0.3, -0.25) is 0 Å². The average molecular weight is 231 g/mol. The molecule has 0 heterocycles. The molecule has 0 radical (unpaired) electrons. The molecule has 0 aliphatic rings. The predicted octanol–water partition coefficient (Wildman–Crippen LogP) is 2.66. The van der Waals surface area contributed by atoms with Gasteiger partial charge < -0.3 is 10.0 Å². The second-order valence-electron chi connectivity index (χ2n) is 4.37. The van der Waals surface area contributed by atoms with Crippen LogP contribution in [0.1, 0.15) is 31.7 Å². The maximum Gasteiger partial charge on any atom is 0.115 e. The minimum absolute atomic E-state index is 0.497. The summed E-state index contributed by atoms with van der Waals surface area (Å²) in [5.74, 6) is 5.88. The van der Waals surface area contributed by atoms with Crippen LogP contribution in [-0.2, 0) is 0 Å². The quantitative estimate of drug-likeness (QED) is 0.805. The minimum atomic E-state index is -0.497. The third-order valence-corrected chi connectivity index (χ3v) is 2.60. The first-order valence-electron chi connectivity index (χ1n) is 6.10. The summed E-state index contributed by atoms with van der Waals surface area (Å²) in [5.41, 5.74) is 2.10. The number of anilines is 1. The lowest BCUT2D eigenvalue weighted by molar-refractivity contribution is 0.218. The molecule has 1 atom stereocenters. The van der Waals surface area contributed by atoms with Crippen LogP contribution in [-0.4, -0.2) is 25.3 Å². The van der Waals surface area contributed by atoms with E-state index in [-0.39, 0.29) is 0 Å². The van der Waals surface area contributed by atoms with Gasteiger partial charge in [0.05, 0.1) is 0 Å². The molecule has 0 amide bonds. The zero-order chi connectivity index (χ0) is 12.7. The third kappa shape index (κ3) is 4.93. The van der Waals surface area contributed by atoms with Crippen LogP contribution in [0.4, 0.5) is 5.69 Å². The Morgan fingerprint density at radius 3 is 2.41 bits per heavy atom. The van der Waals surface area contributed by atoms with Gasteiger partial charge in [-0.05, 0) is 30.7 Å². The van der Waals surface area contributed by atoms with Crippen molar-refractivity contribution in [2.75, 3.05) is 19.0 Å². The molecular formula is C15H21NO. The fourth-order valence-corrected chi connectivity index (χ4v) is 1.48. The van der Waals surface area contributed by atoms with Crippen LogP contribution >= 0.6 is 0 Å². The van der Waals surface area contributed by atoms with Gasteiger partial charge in [-0.15, -0.1) is 0 Å². The molecule has 0 aromatic heterocycles. The van der Waals surface area contributed by atoms with E-state index < -0.39 is 6.10 Å². The highest BCUT2D eigenvalue weighted by Gasteiger charge is 1.97. The van der Waals surface area contributed by atoms with Crippen LogP contribution in [0.2, 0.25) is 0 Å². The summed E-state index contributed by atoms with van der Waals surface area (Å²) in [6, 6.07) is 8.02. The van der Waals surface area contributed by atoms with E-state index in [1.54, 1.807) is 0 Å². The van der Waals surface area contributed by atoms with Crippen molar-refractivity contribution >= 4 is 5.69 Å². The van der Waals surface area contributed by atoms with Crippen molar-refractivity contribution in [2.24, 2.45) is 0 Å². The Bertz CT molecular complexity index is 384. The molecule has 1 aromatic rings. The molecule has 17 heavy (non-hydrogen) atoms. The molecule has 0 aliphatic carbocycles. The largest absolute Gasteiger partial charge is 0.380 e. The number of aliphatic hydroxyl groups excluding tert-OH is 1. The van der Waals surface area contributed by atoms with Crippen molar-refractivity contribution in [1.82, 2.24) is 0 Å². The summed E-state index contributed by atoms with van der Waals surface area (Å²) >= 11 is 0. The van der Waals surface area contributed by atoms with Crippen molar-refractivity contribution in [3.8, 4) is 11.8 Å². The summed E-state index contributed by atoms with van der Waals surface area (Å²) in [6.45, 7) is 2.11. The molecule has 0 aliphatic heterocycles. The Labute approximate surface area is 104 Å². The van der Waals surface area contributed by atoms with Crippen LogP contribution in [0.3, 0.4) is 0 Å². The van der Waals surface area contributed by atoms with Crippen LogP contribution in [0.25, 0.3) is 0 Å². The molecule has 0 fully saturated rings. The number of aliphatic hydroxyl groups is 1. The Morgan fingerprint density at radius 1 is 1.24 bits per heavy atom. The predicted molar refractivity (Wildman–Crippen MR) is 73.2 cm³/mol. The second-order valence-corrected chi connectivity index (χ2v) is 4.37. The van der Waals surface area contributed by atoms with Gasteiger partial charge in [-0.25, -0.2) is 0 Å². The van der Waals surface area contributed by atoms with Crippen molar-refractivity contribution in [3.05, 3.63) is 29.8 Å². The fourth-order valence-electron chi connectivity index (χ4n) is 1.48. The van der Waals surface area contributed by atoms with Gasteiger partial charge in [0.2, 0.25) is 0 Å². The number of hydrogen-bond acceptors (Lipinski definition) is 2. The van der Waals surface area contributed by atoms with E-state index in [2.05, 4.69) is 18.8 Å². The van der Waals surface area contributed by atoms with Crippen molar-refractivity contribution in [2.45, 2.75) is 32.3 Å². The average Bonchev–Trinajstić information content (AvgIpc) is 2.34. The fraction of sp³-hybridized carbons (Fsp3) is 0.467. The molecule has 1 rings (SSSR count). The SMILES string of the molecule is CCCCC(O)C#Cc1ccc(N(C)C)cc1. The van der Waals surface area contributed by atoms with Gasteiger partial charge >= 0.3 is 0 Å². The lowest BCUT2D eigenvalue weighted by Crippen LogP contribution is -2.08. The third-order valence-electron chi connectivity index (χ3n) is 2.60. The number of hydrogen-bond donors (Lipinski definition) is 1. The van der Waals surface area contributed by atoms with E-state index in [4.69, 9.17) is 0 Å². The molecule has 0 spiro atoms. The molecule has 1 aromatic carbocycles. The van der Waals surface area contributed by atoms with E-state index in [1.807, 2.05) is 43.3 Å². The second kappa shape index (κ2) is 6.98. The Balaban J connectivity index is 2.59. The first-order chi connectivity index (χ1) is 8.13. The highest BCUT2D eigenvalue weighted by atomic mass is 16.3. The number of unbranched alkanes of at least 4 members (excludes halogenated alkanes) is 1. The maximum atomic E-state index is 9.60. The number of nitrogens with zero attached hydrogens (tertiary/aromatic N) is 1. The smallest absolute Gasteiger partial charge is 0.115 e. The van der Waals surface area contributed by atoms with Crippen molar-refractivity contribution in [3.63, 3.8) is 0 Å². The molecule has 0 bridgehead atoms. The molecule has 92 valence electrons. The Morgan fingerprint density at radius 2 is 1.88 bits per heavy atom. The summed E-state index contributed by atoms with van der Waals surface area (Å²) < 4.78 is 0. The minimum Gasteiger partial charge on any atom is -0.380 e.